The number of hydroxylamine groups is 2. The van der Waals surface area contributed by atoms with Crippen molar-refractivity contribution >= 4 is 28.7 Å². The summed E-state index contributed by atoms with van der Waals surface area (Å²) in [5, 5.41) is 13.0. The Kier molecular flexibility index (Phi) is 8.21. The van der Waals surface area contributed by atoms with Gasteiger partial charge in [-0.3, -0.25) is 14.4 Å². The van der Waals surface area contributed by atoms with Gasteiger partial charge >= 0.3 is 6.09 Å². The Bertz CT molecular complexity index is 1650. The van der Waals surface area contributed by atoms with Crippen LogP contribution in [0, 0.1) is 0 Å². The van der Waals surface area contributed by atoms with Crippen molar-refractivity contribution in [2.24, 2.45) is 0 Å². The number of carbonyl (C=O) groups is 3. The van der Waals surface area contributed by atoms with Crippen LogP contribution in [0.25, 0.3) is 10.8 Å². The molecule has 4 aromatic carbocycles. The fourth-order valence-electron chi connectivity index (χ4n) is 6.02. The Morgan fingerprint density at radius 2 is 1.55 bits per heavy atom. The number of hydrogen-bond donors (Lipinski definition) is 1. The van der Waals surface area contributed by atoms with E-state index in [0.29, 0.717) is 0 Å². The number of hydrogen-bond acceptors (Lipinski definition) is 6. The van der Waals surface area contributed by atoms with Gasteiger partial charge in [0.25, 0.3) is 5.91 Å². The molecule has 2 aliphatic heterocycles. The van der Waals surface area contributed by atoms with Gasteiger partial charge in [-0.2, -0.15) is 5.06 Å². The van der Waals surface area contributed by atoms with Crippen LogP contribution >= 0.6 is 0 Å². The summed E-state index contributed by atoms with van der Waals surface area (Å²) in [6.45, 7) is 3.89. The van der Waals surface area contributed by atoms with E-state index < -0.39 is 24.4 Å². The smallest absolute Gasteiger partial charge is 0.436 e. The van der Waals surface area contributed by atoms with Gasteiger partial charge in [0.05, 0.1) is 6.54 Å². The number of phenolic OH excluding ortho intramolecular Hbond substituents is 1. The summed E-state index contributed by atoms with van der Waals surface area (Å²) in [7, 11) is 0. The molecule has 0 radical (unpaired) electrons. The van der Waals surface area contributed by atoms with E-state index in [2.05, 4.69) is 0 Å². The van der Waals surface area contributed by atoms with Gasteiger partial charge in [0.15, 0.2) is 12.3 Å². The van der Waals surface area contributed by atoms with Crippen LogP contribution in [0.3, 0.4) is 0 Å². The molecule has 0 saturated carbocycles. The number of carbonyl (C=O) groups excluding carboxylic acids is 3. The number of aromatic hydroxyl groups is 1. The summed E-state index contributed by atoms with van der Waals surface area (Å²) in [6, 6.07) is 28.6. The van der Waals surface area contributed by atoms with Crippen molar-refractivity contribution in [2.75, 3.05) is 6.54 Å². The third-order valence-electron chi connectivity index (χ3n) is 8.29. The van der Waals surface area contributed by atoms with E-state index >= 15 is 0 Å². The van der Waals surface area contributed by atoms with Crippen molar-refractivity contribution in [3.05, 3.63) is 114 Å². The number of ether oxygens (including phenoxy) is 1. The lowest BCUT2D eigenvalue weighted by Gasteiger charge is -2.53. The number of fused-ring (bicyclic) bond motifs is 2. The number of rotatable bonds is 7. The standard InChI is InChI=1S/C35H35N3O6/c1-23(2)36-21-32-37(30(33(36)40)19-25-15-17-28(39)18-16-25)34(41)31(20-24-9-4-3-5-10-24)44-38(32)35(42)43-22-27-13-8-12-26-11-6-7-14-29(26)27/h3-18,23,30-32,39H,19-22H2,1-2H3/t30-,31+,32?/m0/s1. The Morgan fingerprint density at radius 1 is 0.864 bits per heavy atom. The highest BCUT2D eigenvalue weighted by Crippen LogP contribution is 2.32. The molecule has 2 aliphatic rings. The van der Waals surface area contributed by atoms with Gasteiger partial charge in [-0.15, -0.1) is 0 Å². The Labute approximate surface area is 256 Å². The van der Waals surface area contributed by atoms with Crippen molar-refractivity contribution in [1.29, 1.82) is 0 Å². The summed E-state index contributed by atoms with van der Waals surface area (Å²) in [4.78, 5) is 51.3. The van der Waals surface area contributed by atoms with Gasteiger partial charge in [0, 0.05) is 18.9 Å². The average molecular weight is 594 g/mol. The first-order chi connectivity index (χ1) is 21.3. The maximum atomic E-state index is 14.1. The Morgan fingerprint density at radius 3 is 2.30 bits per heavy atom. The molecule has 2 saturated heterocycles. The van der Waals surface area contributed by atoms with Gasteiger partial charge in [0.1, 0.15) is 18.4 Å². The molecule has 2 fully saturated rings. The van der Waals surface area contributed by atoms with Crippen LogP contribution in [0.1, 0.15) is 30.5 Å². The lowest BCUT2D eigenvalue weighted by atomic mass is 9.96. The fourth-order valence-corrected chi connectivity index (χ4v) is 6.02. The summed E-state index contributed by atoms with van der Waals surface area (Å²) in [5.41, 5.74) is 2.47. The number of nitrogens with zero attached hydrogens (tertiary/aromatic N) is 3. The van der Waals surface area contributed by atoms with E-state index in [4.69, 9.17) is 9.57 Å². The lowest BCUT2D eigenvalue weighted by Crippen LogP contribution is -2.74. The molecule has 3 atom stereocenters. The largest absolute Gasteiger partial charge is 0.508 e. The predicted molar refractivity (Wildman–Crippen MR) is 164 cm³/mol. The highest BCUT2D eigenvalue weighted by Gasteiger charge is 2.53. The molecule has 9 heteroatoms. The number of phenols is 1. The highest BCUT2D eigenvalue weighted by atomic mass is 16.7. The Balaban J connectivity index is 1.34. The molecule has 226 valence electrons. The van der Waals surface area contributed by atoms with Crippen LogP contribution in [0.15, 0.2) is 97.1 Å². The molecule has 44 heavy (non-hydrogen) atoms. The second-order valence-electron chi connectivity index (χ2n) is 11.5. The third-order valence-corrected chi connectivity index (χ3v) is 8.29. The van der Waals surface area contributed by atoms with Gasteiger partial charge < -0.3 is 19.6 Å². The van der Waals surface area contributed by atoms with Crippen LogP contribution in [0.5, 0.6) is 5.75 Å². The predicted octanol–water partition coefficient (Wildman–Crippen LogP) is 5.06. The van der Waals surface area contributed by atoms with E-state index in [-0.39, 0.29) is 49.6 Å². The number of benzene rings is 4. The molecule has 6 rings (SSSR count). The SMILES string of the molecule is CC(C)N1CC2N(C(=O)OCc3cccc4ccccc34)O[C@H](Cc3ccccc3)C(=O)N2[C@@H](Cc2ccc(O)cc2)C1=O. The molecule has 1 N–H and O–H groups in total. The van der Waals surface area contributed by atoms with E-state index in [1.165, 1.54) is 4.90 Å². The minimum atomic E-state index is -1.04. The molecule has 9 nitrogen and oxygen atoms in total. The zero-order valence-electron chi connectivity index (χ0n) is 24.7. The van der Waals surface area contributed by atoms with E-state index in [1.54, 1.807) is 29.2 Å². The van der Waals surface area contributed by atoms with Crippen LogP contribution in [-0.2, 0) is 38.6 Å². The second-order valence-corrected chi connectivity index (χ2v) is 11.5. The quantitative estimate of drug-likeness (QED) is 0.322. The fraction of sp³-hybridized carbons (Fsp3) is 0.286. The van der Waals surface area contributed by atoms with Crippen LogP contribution < -0.4 is 0 Å². The average Bonchev–Trinajstić information content (AvgIpc) is 3.03. The summed E-state index contributed by atoms with van der Waals surface area (Å²) in [6.07, 6.45) is -2.25. The Hall–Kier alpha value is -4.89. The molecular weight excluding hydrogens is 558 g/mol. The number of amides is 3. The monoisotopic (exact) mass is 593 g/mol. The molecule has 3 amide bonds. The van der Waals surface area contributed by atoms with Crippen molar-refractivity contribution in [2.45, 2.75) is 57.6 Å². The molecule has 0 aliphatic carbocycles. The van der Waals surface area contributed by atoms with Crippen LogP contribution in [0.2, 0.25) is 0 Å². The zero-order chi connectivity index (χ0) is 30.8. The maximum Gasteiger partial charge on any atom is 0.436 e. The zero-order valence-corrected chi connectivity index (χ0v) is 24.7. The van der Waals surface area contributed by atoms with Gasteiger partial charge in [-0.1, -0.05) is 84.9 Å². The van der Waals surface area contributed by atoms with Crippen LogP contribution in [0.4, 0.5) is 4.79 Å². The van der Waals surface area contributed by atoms with Gasteiger partial charge in [0.2, 0.25) is 5.91 Å². The normalized spacial score (nSPS) is 20.2. The summed E-state index contributed by atoms with van der Waals surface area (Å²) < 4.78 is 5.84. The topological polar surface area (TPSA) is 99.6 Å². The highest BCUT2D eigenvalue weighted by molar-refractivity contribution is 5.92. The minimum absolute atomic E-state index is 0.00777. The molecule has 0 aromatic heterocycles. The van der Waals surface area contributed by atoms with Gasteiger partial charge in [-0.25, -0.2) is 4.79 Å². The van der Waals surface area contributed by atoms with Crippen molar-refractivity contribution in [3.8, 4) is 5.75 Å². The first-order valence-electron chi connectivity index (χ1n) is 14.8. The first-order valence-corrected chi connectivity index (χ1v) is 14.8. The number of piperazine rings is 1. The maximum absolute atomic E-state index is 14.1. The molecule has 4 aromatic rings. The molecular formula is C35H35N3O6. The van der Waals surface area contributed by atoms with Crippen molar-refractivity contribution < 1.29 is 29.1 Å². The lowest BCUT2D eigenvalue weighted by molar-refractivity contribution is -0.267. The summed E-state index contributed by atoms with van der Waals surface area (Å²) >= 11 is 0. The van der Waals surface area contributed by atoms with E-state index in [9.17, 15) is 19.5 Å². The summed E-state index contributed by atoms with van der Waals surface area (Å²) in [5.74, 6) is -0.463. The van der Waals surface area contributed by atoms with Gasteiger partial charge in [-0.05, 0) is 53.4 Å². The third kappa shape index (κ3) is 5.83. The molecule has 1 unspecified atom stereocenters. The van der Waals surface area contributed by atoms with E-state index in [1.807, 2.05) is 86.6 Å². The molecule has 2 heterocycles. The second kappa shape index (κ2) is 12.4. The first kappa shape index (κ1) is 29.2. The van der Waals surface area contributed by atoms with Crippen molar-refractivity contribution in [1.82, 2.24) is 14.9 Å². The van der Waals surface area contributed by atoms with Crippen LogP contribution in [-0.4, -0.2) is 68.8 Å². The van der Waals surface area contributed by atoms with Crippen molar-refractivity contribution in [3.63, 3.8) is 0 Å². The minimum Gasteiger partial charge on any atom is -0.508 e. The van der Waals surface area contributed by atoms with E-state index in [0.717, 1.165) is 32.5 Å². The molecule has 0 bridgehead atoms. The molecule has 0 spiro atoms.